The third-order valence-electron chi connectivity index (χ3n) is 2.53. The van der Waals surface area contributed by atoms with Crippen LogP contribution < -0.4 is 0 Å². The van der Waals surface area contributed by atoms with Gasteiger partial charge in [0.15, 0.2) is 0 Å². The molecule has 1 aromatic carbocycles. The number of nitrogens with zero attached hydrogens (tertiary/aromatic N) is 4. The first kappa shape index (κ1) is 12.7. The van der Waals surface area contributed by atoms with Crippen LogP contribution in [0.15, 0.2) is 24.4 Å². The first-order valence-electron chi connectivity index (χ1n) is 5.36. The van der Waals surface area contributed by atoms with Gasteiger partial charge in [0.25, 0.3) is 5.69 Å². The quantitative estimate of drug-likeness (QED) is 0.652. The van der Waals surface area contributed by atoms with Crippen LogP contribution in [0.3, 0.4) is 0 Å². The van der Waals surface area contributed by atoms with Crippen molar-refractivity contribution in [3.63, 3.8) is 0 Å². The van der Waals surface area contributed by atoms with Gasteiger partial charge in [-0.3, -0.25) is 14.9 Å². The molecule has 0 aliphatic rings. The van der Waals surface area contributed by atoms with Crippen molar-refractivity contribution in [1.29, 1.82) is 0 Å². The van der Waals surface area contributed by atoms with Crippen LogP contribution in [-0.4, -0.2) is 31.0 Å². The summed E-state index contributed by atoms with van der Waals surface area (Å²) in [4.78, 5) is 20.9. The normalized spacial score (nSPS) is 10.4. The number of nitro benzene ring substituents is 1. The second kappa shape index (κ2) is 4.84. The van der Waals surface area contributed by atoms with Gasteiger partial charge in [-0.25, -0.2) is 4.68 Å². The lowest BCUT2D eigenvalue weighted by Crippen LogP contribution is -2.00. The van der Waals surface area contributed by atoms with Gasteiger partial charge in [0.2, 0.25) is 0 Å². The van der Waals surface area contributed by atoms with Crippen molar-refractivity contribution in [1.82, 2.24) is 15.0 Å². The van der Waals surface area contributed by atoms with Crippen LogP contribution in [0.25, 0.3) is 5.69 Å². The molecule has 8 nitrogen and oxygen atoms in total. The summed E-state index contributed by atoms with van der Waals surface area (Å²) in [5, 5.41) is 26.9. The molecular weight excluding hydrogens is 252 g/mol. The van der Waals surface area contributed by atoms with Crippen molar-refractivity contribution in [2.75, 3.05) is 0 Å². The molecule has 0 bridgehead atoms. The van der Waals surface area contributed by atoms with E-state index in [-0.39, 0.29) is 17.8 Å². The first-order chi connectivity index (χ1) is 8.97. The molecule has 1 N–H and O–H groups in total. The zero-order chi connectivity index (χ0) is 14.0. The van der Waals surface area contributed by atoms with Crippen molar-refractivity contribution in [2.24, 2.45) is 0 Å². The van der Waals surface area contributed by atoms with Crippen molar-refractivity contribution in [2.45, 2.75) is 13.3 Å². The van der Waals surface area contributed by atoms with Gasteiger partial charge >= 0.3 is 5.97 Å². The lowest BCUT2D eigenvalue weighted by atomic mass is 10.2. The van der Waals surface area contributed by atoms with E-state index in [1.165, 1.54) is 16.9 Å². The summed E-state index contributed by atoms with van der Waals surface area (Å²) in [5.41, 5.74) is 1.27. The van der Waals surface area contributed by atoms with Gasteiger partial charge in [0.05, 0.1) is 28.9 Å². The average Bonchev–Trinajstić information content (AvgIpc) is 2.76. The van der Waals surface area contributed by atoms with Crippen LogP contribution >= 0.6 is 0 Å². The zero-order valence-corrected chi connectivity index (χ0v) is 9.98. The molecule has 0 aliphatic heterocycles. The number of aliphatic carboxylic acids is 1. The molecule has 0 radical (unpaired) electrons. The Bertz CT molecular complexity index is 650. The summed E-state index contributed by atoms with van der Waals surface area (Å²) in [6, 6.07) is 4.63. The number of hydrogen-bond acceptors (Lipinski definition) is 5. The van der Waals surface area contributed by atoms with Crippen LogP contribution in [0, 0.1) is 17.0 Å². The molecule has 0 fully saturated rings. The highest BCUT2D eigenvalue weighted by molar-refractivity contribution is 5.69. The minimum atomic E-state index is -1.01. The summed E-state index contributed by atoms with van der Waals surface area (Å²) >= 11 is 0. The van der Waals surface area contributed by atoms with E-state index < -0.39 is 10.9 Å². The Morgan fingerprint density at radius 2 is 2.26 bits per heavy atom. The third kappa shape index (κ3) is 2.73. The number of rotatable bonds is 4. The molecule has 0 unspecified atom stereocenters. The minimum absolute atomic E-state index is 0.0206. The van der Waals surface area contributed by atoms with Gasteiger partial charge < -0.3 is 5.11 Å². The molecule has 1 aromatic heterocycles. The smallest absolute Gasteiger partial charge is 0.309 e. The fraction of sp³-hybridized carbons (Fsp3) is 0.182. The first-order valence-corrected chi connectivity index (χ1v) is 5.36. The van der Waals surface area contributed by atoms with Crippen molar-refractivity contribution in [3.05, 3.63) is 45.8 Å². The second-order valence-electron chi connectivity index (χ2n) is 3.95. The molecule has 8 heteroatoms. The van der Waals surface area contributed by atoms with Crippen molar-refractivity contribution < 1.29 is 14.8 Å². The van der Waals surface area contributed by atoms with Gasteiger partial charge in [-0.1, -0.05) is 11.3 Å². The van der Waals surface area contributed by atoms with E-state index in [0.717, 1.165) is 0 Å². The van der Waals surface area contributed by atoms with E-state index in [1.54, 1.807) is 19.1 Å². The third-order valence-corrected chi connectivity index (χ3v) is 2.53. The highest BCUT2D eigenvalue weighted by Crippen LogP contribution is 2.21. The molecule has 0 saturated carbocycles. The molecule has 2 aromatic rings. The van der Waals surface area contributed by atoms with Crippen LogP contribution in [0.4, 0.5) is 5.69 Å². The van der Waals surface area contributed by atoms with E-state index in [2.05, 4.69) is 10.3 Å². The zero-order valence-electron chi connectivity index (χ0n) is 9.98. The molecule has 0 atom stereocenters. The average molecular weight is 262 g/mol. The molecular formula is C11H10N4O4. The predicted molar refractivity (Wildman–Crippen MR) is 64.1 cm³/mol. The molecule has 1 heterocycles. The Morgan fingerprint density at radius 3 is 2.89 bits per heavy atom. The second-order valence-corrected chi connectivity index (χ2v) is 3.95. The number of carboxylic acid groups (broad SMARTS) is 1. The largest absolute Gasteiger partial charge is 0.481 e. The predicted octanol–water partition coefficient (Wildman–Crippen LogP) is 1.11. The maximum Gasteiger partial charge on any atom is 0.309 e. The summed E-state index contributed by atoms with van der Waals surface area (Å²) < 4.78 is 1.31. The van der Waals surface area contributed by atoms with Gasteiger partial charge in [-0.2, -0.15) is 0 Å². The summed E-state index contributed by atoms with van der Waals surface area (Å²) in [6.45, 7) is 1.64. The van der Waals surface area contributed by atoms with Crippen LogP contribution in [0.5, 0.6) is 0 Å². The molecule has 0 saturated heterocycles. The molecule has 19 heavy (non-hydrogen) atoms. The number of aromatic nitrogens is 3. The molecule has 2 rings (SSSR count). The molecule has 0 amide bonds. The van der Waals surface area contributed by atoms with Gasteiger partial charge in [0, 0.05) is 11.6 Å². The summed E-state index contributed by atoms with van der Waals surface area (Å²) in [5.74, 6) is -1.01. The van der Waals surface area contributed by atoms with Gasteiger partial charge in [-0.05, 0) is 13.0 Å². The highest BCUT2D eigenvalue weighted by Gasteiger charge is 2.13. The Balaban J connectivity index is 2.36. The maximum atomic E-state index is 10.8. The van der Waals surface area contributed by atoms with Crippen LogP contribution in [0.2, 0.25) is 0 Å². The number of carbonyl (C=O) groups is 1. The van der Waals surface area contributed by atoms with E-state index in [4.69, 9.17) is 5.11 Å². The van der Waals surface area contributed by atoms with Crippen LogP contribution in [0.1, 0.15) is 11.3 Å². The number of nitro groups is 1. The summed E-state index contributed by atoms with van der Waals surface area (Å²) in [7, 11) is 0. The minimum Gasteiger partial charge on any atom is -0.481 e. The lowest BCUT2D eigenvalue weighted by molar-refractivity contribution is -0.385. The molecule has 0 aliphatic carbocycles. The van der Waals surface area contributed by atoms with Crippen molar-refractivity contribution in [3.8, 4) is 5.69 Å². The number of benzene rings is 1. The van der Waals surface area contributed by atoms with Crippen molar-refractivity contribution >= 4 is 11.7 Å². The van der Waals surface area contributed by atoms with E-state index in [0.29, 0.717) is 11.3 Å². The Morgan fingerprint density at radius 1 is 1.53 bits per heavy atom. The van der Waals surface area contributed by atoms with E-state index in [9.17, 15) is 14.9 Å². The standard InChI is InChI=1S/C11H10N4O4/c1-7-2-3-9(5-10(7)15(18)19)14-6-8(12-13-14)4-11(16)17/h2-3,5-6H,4H2,1H3,(H,16,17). The maximum absolute atomic E-state index is 10.8. The number of hydrogen-bond donors (Lipinski definition) is 1. The van der Waals surface area contributed by atoms with Crippen LogP contribution in [-0.2, 0) is 11.2 Å². The Labute approximate surface area is 107 Å². The fourth-order valence-corrected chi connectivity index (χ4v) is 1.60. The fourth-order valence-electron chi connectivity index (χ4n) is 1.60. The Kier molecular flexibility index (Phi) is 3.23. The van der Waals surface area contributed by atoms with Gasteiger partial charge in [0.1, 0.15) is 0 Å². The van der Waals surface area contributed by atoms with E-state index >= 15 is 0 Å². The lowest BCUT2D eigenvalue weighted by Gasteiger charge is -2.01. The highest BCUT2D eigenvalue weighted by atomic mass is 16.6. The Hall–Kier alpha value is -2.77. The van der Waals surface area contributed by atoms with Gasteiger partial charge in [-0.15, -0.1) is 5.10 Å². The number of carboxylic acids is 1. The SMILES string of the molecule is Cc1ccc(-n2cc(CC(=O)O)nn2)cc1[N+](=O)[O-]. The number of aryl methyl sites for hydroxylation is 1. The van der Waals surface area contributed by atoms with E-state index in [1.807, 2.05) is 0 Å². The topological polar surface area (TPSA) is 111 Å². The molecule has 0 spiro atoms. The monoisotopic (exact) mass is 262 g/mol. The molecule has 98 valence electrons. The summed E-state index contributed by atoms with van der Waals surface area (Å²) in [6.07, 6.45) is 1.19.